The number of benzene rings is 5. The van der Waals surface area contributed by atoms with E-state index in [1.54, 1.807) is 25.6 Å². The first-order valence-electron chi connectivity index (χ1n) is 18.1. The summed E-state index contributed by atoms with van der Waals surface area (Å²) in [5.41, 5.74) is 2.47. The summed E-state index contributed by atoms with van der Waals surface area (Å²) in [6, 6.07) is 36.8. The van der Waals surface area contributed by atoms with E-state index in [1.807, 2.05) is 103 Å². The van der Waals surface area contributed by atoms with Gasteiger partial charge in [-0.05, 0) is 61.6 Å². The Labute approximate surface area is 326 Å². The lowest BCUT2D eigenvalue weighted by atomic mass is 9.90. The summed E-state index contributed by atoms with van der Waals surface area (Å²) in [6.45, 7) is 11.0. The Bertz CT molecular complexity index is 2150. The molecule has 9 heteroatoms. The zero-order valence-corrected chi connectivity index (χ0v) is 31.8. The Morgan fingerprint density at radius 2 is 1.00 bits per heavy atom. The van der Waals surface area contributed by atoms with E-state index in [0.29, 0.717) is 35.8 Å². The second-order valence-corrected chi connectivity index (χ2v) is 14.3. The number of ether oxygens (including phenoxy) is 6. The van der Waals surface area contributed by atoms with Crippen molar-refractivity contribution in [3.05, 3.63) is 162 Å². The van der Waals surface area contributed by atoms with Gasteiger partial charge in [0.25, 0.3) is 0 Å². The van der Waals surface area contributed by atoms with Crippen molar-refractivity contribution < 1.29 is 38.0 Å². The molecule has 0 N–H and O–H groups in total. The van der Waals surface area contributed by atoms with Crippen molar-refractivity contribution >= 4 is 34.5 Å². The summed E-state index contributed by atoms with van der Waals surface area (Å²) in [5, 5.41) is 1.65. The highest BCUT2D eigenvalue weighted by molar-refractivity contribution is 8.03. The van der Waals surface area contributed by atoms with Crippen molar-refractivity contribution in [1.29, 1.82) is 0 Å². The van der Waals surface area contributed by atoms with E-state index >= 15 is 0 Å². The molecule has 0 fully saturated rings. The molecule has 1 aliphatic rings. The zero-order valence-electron chi connectivity index (χ0n) is 31.0. The molecule has 8 nitrogen and oxygen atoms in total. The first-order chi connectivity index (χ1) is 26.7. The highest BCUT2D eigenvalue weighted by Crippen LogP contribution is 2.46. The molecule has 55 heavy (non-hydrogen) atoms. The molecule has 0 radical (unpaired) electrons. The van der Waals surface area contributed by atoms with E-state index in [1.165, 1.54) is 0 Å². The number of carbonyl (C=O) groups excluding carboxylic acids is 2. The highest BCUT2D eigenvalue weighted by Gasteiger charge is 2.28. The van der Waals surface area contributed by atoms with Crippen LogP contribution in [-0.4, -0.2) is 50.6 Å². The Morgan fingerprint density at radius 3 is 1.47 bits per heavy atom. The fourth-order valence-corrected chi connectivity index (χ4v) is 6.87. The first-order valence-corrected chi connectivity index (χ1v) is 18.9. The van der Waals surface area contributed by atoms with Gasteiger partial charge in [-0.2, -0.15) is 0 Å². The third-order valence-corrected chi connectivity index (χ3v) is 9.72. The van der Waals surface area contributed by atoms with Gasteiger partial charge < -0.3 is 28.4 Å². The molecule has 0 bridgehead atoms. The summed E-state index contributed by atoms with van der Waals surface area (Å²) >= 11 is 1.71. The van der Waals surface area contributed by atoms with Gasteiger partial charge in [-0.1, -0.05) is 110 Å². The van der Waals surface area contributed by atoms with E-state index in [2.05, 4.69) is 31.4 Å². The summed E-state index contributed by atoms with van der Waals surface area (Å²) in [5.74, 6) is 1.60. The lowest BCUT2D eigenvalue weighted by molar-refractivity contribution is -0.148. The molecule has 0 saturated carbocycles. The number of hydrogen-bond donors (Lipinski definition) is 0. The number of carbonyl (C=O) groups is 2. The van der Waals surface area contributed by atoms with E-state index in [-0.39, 0.29) is 37.6 Å². The lowest BCUT2D eigenvalue weighted by Gasteiger charge is -2.27. The van der Waals surface area contributed by atoms with Gasteiger partial charge in [-0.25, -0.2) is 9.59 Å². The van der Waals surface area contributed by atoms with Crippen molar-refractivity contribution in [2.24, 2.45) is 0 Å². The first kappa shape index (κ1) is 38.8. The van der Waals surface area contributed by atoms with Gasteiger partial charge in [0.05, 0.1) is 0 Å². The molecule has 1 aliphatic carbocycles. The van der Waals surface area contributed by atoms with Crippen LogP contribution in [0.3, 0.4) is 0 Å². The van der Waals surface area contributed by atoms with Crippen molar-refractivity contribution in [1.82, 2.24) is 0 Å². The largest absolute Gasteiger partial charge is 0.490 e. The highest BCUT2D eigenvalue weighted by atomic mass is 32.2. The quantitative estimate of drug-likeness (QED) is 0.0641. The van der Waals surface area contributed by atoms with Gasteiger partial charge in [0.1, 0.15) is 49.4 Å². The molecule has 0 spiro atoms. The molecule has 282 valence electrons. The van der Waals surface area contributed by atoms with E-state index in [0.717, 1.165) is 31.7 Å². The standard InChI is InChI=1S/C46H44O8S/c1-31(2)45(47)53-35(27-49-33-16-8-5-9-17-33)29-51-43-39-22-14-15-23-40(39)44(42-26-38(24-25-41(42)43)55-37-20-12-7-13-21-37)52-30-36(54-46(48)32(3)4)28-50-34-18-10-6-11-19-34/h5-24,35-36H,1,3,25-30H2,2,4H3. The van der Waals surface area contributed by atoms with Crippen LogP contribution in [-0.2, 0) is 31.9 Å². The van der Waals surface area contributed by atoms with Crippen LogP contribution in [0.15, 0.2) is 155 Å². The number of hydrogen-bond acceptors (Lipinski definition) is 9. The van der Waals surface area contributed by atoms with Crippen molar-refractivity contribution in [2.75, 3.05) is 26.4 Å². The third-order valence-electron chi connectivity index (χ3n) is 8.64. The van der Waals surface area contributed by atoms with Crippen molar-refractivity contribution in [2.45, 2.75) is 43.8 Å². The fourth-order valence-electron chi connectivity index (χ4n) is 5.89. The summed E-state index contributed by atoms with van der Waals surface area (Å²) < 4.78 is 37.0. The molecule has 0 heterocycles. The minimum absolute atomic E-state index is 0.0309. The number of fused-ring (bicyclic) bond motifs is 2. The molecule has 0 saturated heterocycles. The molecule has 6 rings (SSSR count). The van der Waals surface area contributed by atoms with Gasteiger partial charge in [-0.15, -0.1) is 0 Å². The molecule has 0 aromatic heterocycles. The Balaban J connectivity index is 1.33. The average Bonchev–Trinajstić information content (AvgIpc) is 3.20. The topological polar surface area (TPSA) is 89.5 Å². The Hall–Kier alpha value is -5.93. The molecule has 5 aromatic carbocycles. The predicted octanol–water partition coefficient (Wildman–Crippen LogP) is 9.51. The van der Waals surface area contributed by atoms with Crippen LogP contribution in [0, 0.1) is 0 Å². The average molecular weight is 757 g/mol. The fraction of sp³-hybridized carbons (Fsp3) is 0.217. The second kappa shape index (κ2) is 18.9. The maximum atomic E-state index is 12.7. The molecular weight excluding hydrogens is 713 g/mol. The van der Waals surface area contributed by atoms with Crippen LogP contribution in [0.25, 0.3) is 10.8 Å². The van der Waals surface area contributed by atoms with E-state index < -0.39 is 24.1 Å². The maximum Gasteiger partial charge on any atom is 0.333 e. The number of allylic oxidation sites excluding steroid dienone is 2. The lowest BCUT2D eigenvalue weighted by Crippen LogP contribution is -2.32. The number of esters is 2. The van der Waals surface area contributed by atoms with Crippen LogP contribution in [0.4, 0.5) is 0 Å². The predicted molar refractivity (Wildman–Crippen MR) is 216 cm³/mol. The van der Waals surface area contributed by atoms with Gasteiger partial charge in [0, 0.05) is 44.4 Å². The molecule has 2 unspecified atom stereocenters. The van der Waals surface area contributed by atoms with Crippen LogP contribution < -0.4 is 18.9 Å². The SMILES string of the molecule is C=C(C)C(=O)OC(COc1ccccc1)COc1c2c(c(OCC(COc3ccccc3)OC(=O)C(=C)C)c3ccccc13)CC(Sc1ccccc1)=CC2. The minimum atomic E-state index is -0.736. The monoisotopic (exact) mass is 756 g/mol. The van der Waals surface area contributed by atoms with Gasteiger partial charge in [-0.3, -0.25) is 0 Å². The van der Waals surface area contributed by atoms with Gasteiger partial charge in [0.2, 0.25) is 0 Å². The molecule has 0 aliphatic heterocycles. The van der Waals surface area contributed by atoms with Gasteiger partial charge >= 0.3 is 11.9 Å². The molecule has 5 aromatic rings. The van der Waals surface area contributed by atoms with Crippen molar-refractivity contribution in [3.63, 3.8) is 0 Å². The van der Waals surface area contributed by atoms with Crippen molar-refractivity contribution in [3.8, 4) is 23.0 Å². The molecular formula is C46H44O8S. The summed E-state index contributed by atoms with van der Waals surface area (Å²) in [6.07, 6.45) is 1.90. The van der Waals surface area contributed by atoms with Gasteiger partial charge in [0.15, 0.2) is 12.2 Å². The van der Waals surface area contributed by atoms with Crippen LogP contribution in [0.1, 0.15) is 25.0 Å². The molecule has 0 amide bonds. The Kier molecular flexibility index (Phi) is 13.3. The van der Waals surface area contributed by atoms with E-state index in [9.17, 15) is 9.59 Å². The summed E-state index contributed by atoms with van der Waals surface area (Å²) in [4.78, 5) is 27.7. The van der Waals surface area contributed by atoms with Crippen LogP contribution in [0.5, 0.6) is 23.0 Å². The van der Waals surface area contributed by atoms with Crippen LogP contribution in [0.2, 0.25) is 0 Å². The Morgan fingerprint density at radius 1 is 0.582 bits per heavy atom. The maximum absolute atomic E-state index is 12.7. The summed E-state index contributed by atoms with van der Waals surface area (Å²) in [7, 11) is 0. The minimum Gasteiger partial charge on any atom is -0.490 e. The third kappa shape index (κ3) is 10.6. The van der Waals surface area contributed by atoms with Crippen LogP contribution >= 0.6 is 11.8 Å². The normalized spacial score (nSPS) is 13.0. The number of para-hydroxylation sites is 2. The van der Waals surface area contributed by atoms with E-state index in [4.69, 9.17) is 28.4 Å². The molecule has 2 atom stereocenters. The smallest absolute Gasteiger partial charge is 0.333 e. The second-order valence-electron chi connectivity index (χ2n) is 13.1. The number of thioether (sulfide) groups is 1. The number of rotatable bonds is 18. The zero-order chi connectivity index (χ0) is 38.6.